The molecule has 1 aromatic heterocycles. The van der Waals surface area contributed by atoms with Crippen molar-refractivity contribution in [3.63, 3.8) is 0 Å². The predicted octanol–water partition coefficient (Wildman–Crippen LogP) is 3.20. The van der Waals surface area contributed by atoms with Gasteiger partial charge in [-0.15, -0.1) is 0 Å². The lowest BCUT2D eigenvalue weighted by Crippen LogP contribution is -2.16. The minimum atomic E-state index is -1.15. The fourth-order valence-corrected chi connectivity index (χ4v) is 2.96. The Morgan fingerprint density at radius 2 is 2.09 bits per heavy atom. The molecule has 0 radical (unpaired) electrons. The summed E-state index contributed by atoms with van der Waals surface area (Å²) in [5.74, 6) is -1.90. The van der Waals surface area contributed by atoms with Crippen molar-refractivity contribution in [2.75, 3.05) is 5.32 Å². The molecule has 0 bridgehead atoms. The summed E-state index contributed by atoms with van der Waals surface area (Å²) in [5, 5.41) is 30.0. The van der Waals surface area contributed by atoms with E-state index in [2.05, 4.69) is 10.3 Å². The van der Waals surface area contributed by atoms with Crippen molar-refractivity contribution < 1.29 is 19.8 Å². The number of aromatic hydroxyl groups is 1. The van der Waals surface area contributed by atoms with E-state index in [0.29, 0.717) is 0 Å². The van der Waals surface area contributed by atoms with E-state index in [1.165, 1.54) is 16.7 Å². The van der Waals surface area contributed by atoms with Crippen molar-refractivity contribution in [1.82, 2.24) is 4.57 Å². The van der Waals surface area contributed by atoms with Crippen molar-refractivity contribution in [2.24, 2.45) is 0 Å². The monoisotopic (exact) mass is 351 g/mol. The summed E-state index contributed by atoms with van der Waals surface area (Å²) in [7, 11) is 0. The van der Waals surface area contributed by atoms with Gasteiger partial charge in [0, 0.05) is 13.0 Å². The number of benzene rings is 1. The Bertz CT molecular complexity index is 866. The van der Waals surface area contributed by atoms with Crippen LogP contribution in [0.15, 0.2) is 24.3 Å². The highest BCUT2D eigenvalue weighted by atomic mass is 32.1. The van der Waals surface area contributed by atoms with Crippen molar-refractivity contribution >= 4 is 46.1 Å². The number of rotatable bonds is 5. The molecule has 2 rings (SSSR count). The van der Waals surface area contributed by atoms with Gasteiger partial charge in [-0.1, -0.05) is 12.1 Å². The van der Waals surface area contributed by atoms with Crippen LogP contribution in [0.3, 0.4) is 0 Å². The van der Waals surface area contributed by atoms with Crippen molar-refractivity contribution in [3.05, 3.63) is 38.8 Å². The number of hydrogen-bond acceptors (Lipinski definition) is 6. The number of hydrogen-bond donors (Lipinski definition) is 3. The number of carboxylic acid groups (broad SMARTS) is 1. The second-order valence-electron chi connectivity index (χ2n) is 4.40. The summed E-state index contributed by atoms with van der Waals surface area (Å²) < 4.78 is 1.52. The number of carbonyl (C=O) groups excluding carboxylic acids is 1. The maximum Gasteiger partial charge on any atom is 0.502 e. The van der Waals surface area contributed by atoms with Crippen molar-refractivity contribution in [3.8, 4) is 5.88 Å². The zero-order valence-corrected chi connectivity index (χ0v) is 13.2. The van der Waals surface area contributed by atoms with E-state index in [1.807, 2.05) is 0 Å². The molecular formula is C13H11N4O4S2+. The highest BCUT2D eigenvalue weighted by Crippen LogP contribution is 2.34. The standard InChI is InChI=1S/C13H10N4O4S2/c14-16-10-11(19)17(13(22)23-10)6-5-9(18)15-8-4-2-1-3-7(8)12(20)21/h1-4H,5-6H2,(H2-,15,18,19,20,21)/p+1. The minimum absolute atomic E-state index is 0.0165. The van der Waals surface area contributed by atoms with Gasteiger partial charge in [0.2, 0.25) is 11.3 Å². The van der Waals surface area contributed by atoms with Crippen molar-refractivity contribution in [2.45, 2.75) is 13.0 Å². The summed E-state index contributed by atoms with van der Waals surface area (Å²) >= 11 is 5.91. The smallest absolute Gasteiger partial charge is 0.488 e. The van der Waals surface area contributed by atoms with E-state index in [0.717, 1.165) is 11.3 Å². The zero-order chi connectivity index (χ0) is 17.0. The lowest BCUT2D eigenvalue weighted by Gasteiger charge is -2.08. The fraction of sp³-hybridized carbons (Fsp3) is 0.154. The molecular weight excluding hydrogens is 340 g/mol. The Kier molecular flexibility index (Phi) is 5.05. The van der Waals surface area contributed by atoms with Crippen LogP contribution in [0, 0.1) is 9.35 Å². The number of carboxylic acids is 1. The topological polar surface area (TPSA) is 120 Å². The molecule has 10 heteroatoms. The Morgan fingerprint density at radius 3 is 2.70 bits per heavy atom. The van der Waals surface area contributed by atoms with Gasteiger partial charge in [0.05, 0.1) is 11.3 Å². The van der Waals surface area contributed by atoms with Crippen LogP contribution in [0.4, 0.5) is 10.7 Å². The molecule has 2 aromatic rings. The number of amides is 1. The second kappa shape index (κ2) is 6.99. The third-order valence-electron chi connectivity index (χ3n) is 2.94. The maximum absolute atomic E-state index is 12.0. The molecule has 0 saturated heterocycles. The number of aromatic nitrogens is 1. The van der Waals surface area contributed by atoms with Gasteiger partial charge >= 0.3 is 16.9 Å². The Balaban J connectivity index is 2.08. The maximum atomic E-state index is 12.0. The molecule has 0 fully saturated rings. The third-order valence-corrected chi connectivity index (χ3v) is 4.26. The van der Waals surface area contributed by atoms with Gasteiger partial charge in [0.1, 0.15) is 0 Å². The fourth-order valence-electron chi connectivity index (χ4n) is 1.85. The van der Waals surface area contributed by atoms with Crippen LogP contribution in [0.25, 0.3) is 4.98 Å². The lowest BCUT2D eigenvalue weighted by atomic mass is 10.2. The van der Waals surface area contributed by atoms with E-state index < -0.39 is 11.9 Å². The number of anilines is 1. The van der Waals surface area contributed by atoms with Crippen LogP contribution in [0.5, 0.6) is 5.88 Å². The average molecular weight is 351 g/mol. The summed E-state index contributed by atoms with van der Waals surface area (Å²) in [6.07, 6.45) is -0.0442. The Morgan fingerprint density at radius 1 is 1.39 bits per heavy atom. The number of nitrogens with one attached hydrogen (secondary N) is 1. The highest BCUT2D eigenvalue weighted by Gasteiger charge is 2.22. The van der Waals surface area contributed by atoms with Gasteiger partial charge in [0.25, 0.3) is 0 Å². The predicted molar refractivity (Wildman–Crippen MR) is 86.2 cm³/mol. The van der Waals surface area contributed by atoms with Crippen LogP contribution in [-0.2, 0) is 11.3 Å². The molecule has 0 saturated carbocycles. The minimum Gasteiger partial charge on any atom is -0.488 e. The zero-order valence-electron chi connectivity index (χ0n) is 11.6. The van der Waals surface area contributed by atoms with E-state index in [1.54, 1.807) is 12.1 Å². The first kappa shape index (κ1) is 16.6. The normalized spacial score (nSPS) is 10.0. The molecule has 0 unspecified atom stereocenters. The molecule has 1 heterocycles. The van der Waals surface area contributed by atoms with Gasteiger partial charge in [0.15, 0.2) is 8.93 Å². The van der Waals surface area contributed by atoms with Crippen LogP contribution in [-0.4, -0.2) is 26.7 Å². The summed E-state index contributed by atoms with van der Waals surface area (Å²) in [6.45, 7) is 0.0672. The molecule has 0 aliphatic heterocycles. The van der Waals surface area contributed by atoms with Gasteiger partial charge in [-0.3, -0.25) is 9.36 Å². The Hall–Kier alpha value is -2.77. The van der Waals surface area contributed by atoms with Gasteiger partial charge in [-0.05, 0) is 35.7 Å². The van der Waals surface area contributed by atoms with Crippen LogP contribution >= 0.6 is 23.6 Å². The molecule has 3 N–H and O–H groups in total. The molecule has 0 aliphatic rings. The molecule has 0 atom stereocenters. The highest BCUT2D eigenvalue weighted by molar-refractivity contribution is 7.73. The average Bonchev–Trinajstić information content (AvgIpc) is 2.79. The van der Waals surface area contributed by atoms with Crippen LogP contribution in [0.2, 0.25) is 0 Å². The molecule has 0 aliphatic carbocycles. The number of aromatic carboxylic acids is 1. The van der Waals surface area contributed by atoms with Gasteiger partial charge in [-0.25, -0.2) is 4.79 Å². The molecule has 8 nitrogen and oxygen atoms in total. The lowest BCUT2D eigenvalue weighted by molar-refractivity contribution is -0.116. The summed E-state index contributed by atoms with van der Waals surface area (Å²) in [6, 6.07) is 6.03. The number of carbonyl (C=O) groups is 2. The Labute approximate surface area is 139 Å². The number of nitrogens with zero attached hydrogens (tertiary/aromatic N) is 3. The quantitative estimate of drug-likeness (QED) is 0.562. The van der Waals surface area contributed by atoms with E-state index in [-0.39, 0.29) is 39.1 Å². The molecule has 0 spiro atoms. The van der Waals surface area contributed by atoms with E-state index >= 15 is 0 Å². The van der Waals surface area contributed by atoms with E-state index in [4.69, 9.17) is 22.7 Å². The first-order chi connectivity index (χ1) is 10.9. The molecule has 1 aromatic carbocycles. The summed E-state index contributed by atoms with van der Waals surface area (Å²) in [4.78, 5) is 25.9. The SMILES string of the molecule is N#[N+]c1sc(=S)n(CCC(=O)Nc2ccccc2C(=O)O)c1O. The number of para-hydroxylation sites is 1. The largest absolute Gasteiger partial charge is 0.502 e. The molecule has 1 amide bonds. The van der Waals surface area contributed by atoms with Crippen LogP contribution < -0.4 is 5.32 Å². The van der Waals surface area contributed by atoms with Crippen molar-refractivity contribution in [1.29, 1.82) is 5.39 Å². The van der Waals surface area contributed by atoms with Gasteiger partial charge < -0.3 is 15.5 Å². The number of thiazole rings is 1. The van der Waals surface area contributed by atoms with E-state index in [9.17, 15) is 14.7 Å². The van der Waals surface area contributed by atoms with Gasteiger partial charge in [-0.2, -0.15) is 0 Å². The van der Waals surface area contributed by atoms with Crippen LogP contribution in [0.1, 0.15) is 16.8 Å². The molecule has 118 valence electrons. The number of diazo groups is 1. The summed E-state index contributed by atoms with van der Waals surface area (Å²) in [5.41, 5.74) is 0.173. The first-order valence-electron chi connectivity index (χ1n) is 6.34. The first-order valence-corrected chi connectivity index (χ1v) is 7.56. The molecule has 23 heavy (non-hydrogen) atoms. The second-order valence-corrected chi connectivity index (χ2v) is 6.02. The third kappa shape index (κ3) is 3.71.